The molecule has 1 saturated heterocycles. The van der Waals surface area contributed by atoms with Gasteiger partial charge in [-0.2, -0.15) is 0 Å². The quantitative estimate of drug-likeness (QED) is 0.371. The topological polar surface area (TPSA) is 66.7 Å². The lowest BCUT2D eigenvalue weighted by Crippen LogP contribution is -2.29. The summed E-state index contributed by atoms with van der Waals surface area (Å²) >= 11 is 6.76. The highest BCUT2D eigenvalue weighted by Gasteiger charge is 2.33. The zero-order valence-corrected chi connectivity index (χ0v) is 21.5. The molecule has 5 rings (SSSR count). The molecule has 0 radical (unpaired) electrons. The Morgan fingerprint density at radius 2 is 1.86 bits per heavy atom. The molecule has 1 amide bonds. The lowest BCUT2D eigenvalue weighted by Gasteiger charge is -2.27. The van der Waals surface area contributed by atoms with E-state index in [2.05, 4.69) is 12.2 Å². The minimum atomic E-state index is -0.196. The third kappa shape index (κ3) is 5.04. The van der Waals surface area contributed by atoms with Crippen LogP contribution in [0.4, 0.5) is 5.82 Å². The molecule has 35 heavy (non-hydrogen) atoms. The summed E-state index contributed by atoms with van der Waals surface area (Å²) in [5, 5.41) is 3.53. The van der Waals surface area contributed by atoms with Gasteiger partial charge in [0.05, 0.1) is 17.0 Å². The smallest absolute Gasteiger partial charge is 0.267 e. The SMILES string of the molecule is Cc1ccc2nc(NC3CCC(C)CC3)c(C=C3SC(=S)N(Cc4ccccc4)C3=O)c(=O)n2c1. The zero-order valence-electron chi connectivity index (χ0n) is 19.9. The lowest BCUT2D eigenvalue weighted by atomic mass is 9.87. The monoisotopic (exact) mass is 504 g/mol. The van der Waals surface area contributed by atoms with E-state index in [4.69, 9.17) is 17.2 Å². The Morgan fingerprint density at radius 1 is 1.11 bits per heavy atom. The Balaban J connectivity index is 1.52. The van der Waals surface area contributed by atoms with Crippen molar-refractivity contribution in [1.29, 1.82) is 0 Å². The number of hydrogen-bond donors (Lipinski definition) is 1. The lowest BCUT2D eigenvalue weighted by molar-refractivity contribution is -0.122. The number of thioether (sulfide) groups is 1. The molecule has 2 aromatic heterocycles. The van der Waals surface area contributed by atoms with E-state index in [9.17, 15) is 9.59 Å². The standard InChI is InChI=1S/C27H28N4O2S2/c1-17-8-11-20(12-9-17)28-24-21(25(32)30-15-18(2)10-13-23(30)29-24)14-22-26(33)31(27(34)35-22)16-19-6-4-3-5-7-19/h3-7,10,13-15,17,20,28H,8-9,11-12,16H2,1-2H3. The molecule has 8 heteroatoms. The van der Waals surface area contributed by atoms with Crippen LogP contribution in [0.5, 0.6) is 0 Å². The molecule has 3 aromatic rings. The molecule has 1 N–H and O–H groups in total. The summed E-state index contributed by atoms with van der Waals surface area (Å²) in [4.78, 5) is 33.7. The maximum atomic E-state index is 13.6. The van der Waals surface area contributed by atoms with Crippen molar-refractivity contribution >= 4 is 51.7 Å². The van der Waals surface area contributed by atoms with Crippen LogP contribution in [0.1, 0.15) is 49.3 Å². The second kappa shape index (κ2) is 9.95. The van der Waals surface area contributed by atoms with Gasteiger partial charge in [0.2, 0.25) is 0 Å². The van der Waals surface area contributed by atoms with Crippen molar-refractivity contribution in [2.75, 3.05) is 5.32 Å². The van der Waals surface area contributed by atoms with Gasteiger partial charge in [0, 0.05) is 12.2 Å². The molecule has 2 fully saturated rings. The van der Waals surface area contributed by atoms with E-state index in [0.29, 0.717) is 32.8 Å². The van der Waals surface area contributed by atoms with Gasteiger partial charge in [0.25, 0.3) is 11.5 Å². The van der Waals surface area contributed by atoms with E-state index in [1.165, 1.54) is 11.8 Å². The van der Waals surface area contributed by atoms with Gasteiger partial charge < -0.3 is 5.32 Å². The van der Waals surface area contributed by atoms with Gasteiger partial charge in [-0.05, 0) is 61.8 Å². The molecule has 3 heterocycles. The maximum Gasteiger partial charge on any atom is 0.267 e. The van der Waals surface area contributed by atoms with Crippen LogP contribution in [0.15, 0.2) is 58.4 Å². The van der Waals surface area contributed by atoms with Crippen molar-refractivity contribution in [1.82, 2.24) is 14.3 Å². The highest BCUT2D eigenvalue weighted by atomic mass is 32.2. The van der Waals surface area contributed by atoms with Crippen LogP contribution >= 0.6 is 24.0 Å². The first-order valence-corrected chi connectivity index (χ1v) is 13.2. The predicted octanol–water partition coefficient (Wildman–Crippen LogP) is 5.39. The largest absolute Gasteiger partial charge is 0.367 e. The molecule has 6 nitrogen and oxygen atoms in total. The van der Waals surface area contributed by atoms with Crippen LogP contribution in [-0.2, 0) is 11.3 Å². The molecule has 0 bridgehead atoms. The number of fused-ring (bicyclic) bond motifs is 1. The van der Waals surface area contributed by atoms with Gasteiger partial charge in [-0.3, -0.25) is 18.9 Å². The number of thiocarbonyl (C=S) groups is 1. The first-order chi connectivity index (χ1) is 16.9. The number of carbonyl (C=O) groups excluding carboxylic acids is 1. The second-order valence-corrected chi connectivity index (χ2v) is 11.1. The van der Waals surface area contributed by atoms with Gasteiger partial charge in [-0.1, -0.05) is 67.3 Å². The van der Waals surface area contributed by atoms with E-state index < -0.39 is 0 Å². The van der Waals surface area contributed by atoms with Gasteiger partial charge >= 0.3 is 0 Å². The van der Waals surface area contributed by atoms with Crippen LogP contribution in [0.2, 0.25) is 0 Å². The van der Waals surface area contributed by atoms with E-state index in [1.807, 2.05) is 49.4 Å². The number of amides is 1. The van der Waals surface area contributed by atoms with Crippen molar-refractivity contribution in [3.05, 3.63) is 80.6 Å². The maximum absolute atomic E-state index is 13.6. The Hall–Kier alpha value is -2.97. The molecule has 0 atom stereocenters. The van der Waals surface area contributed by atoms with Crippen molar-refractivity contribution in [3.63, 3.8) is 0 Å². The Labute approximate surface area is 214 Å². The summed E-state index contributed by atoms with van der Waals surface area (Å²) in [6.07, 6.45) is 7.83. The molecule has 180 valence electrons. The summed E-state index contributed by atoms with van der Waals surface area (Å²) in [5.74, 6) is 1.07. The Morgan fingerprint density at radius 3 is 2.60 bits per heavy atom. The van der Waals surface area contributed by atoms with Crippen LogP contribution in [0.25, 0.3) is 11.7 Å². The molecule has 1 aliphatic heterocycles. The van der Waals surface area contributed by atoms with Crippen molar-refractivity contribution in [2.24, 2.45) is 5.92 Å². The van der Waals surface area contributed by atoms with E-state index in [1.54, 1.807) is 21.6 Å². The molecular weight excluding hydrogens is 476 g/mol. The zero-order chi connectivity index (χ0) is 24.5. The molecule has 1 aromatic carbocycles. The first kappa shape index (κ1) is 23.8. The Kier molecular flexibility index (Phi) is 6.75. The van der Waals surface area contributed by atoms with Crippen molar-refractivity contribution in [3.8, 4) is 0 Å². The normalized spacial score (nSPS) is 21.8. The fourth-order valence-electron chi connectivity index (χ4n) is 4.63. The van der Waals surface area contributed by atoms with Crippen molar-refractivity contribution in [2.45, 2.75) is 52.1 Å². The summed E-state index contributed by atoms with van der Waals surface area (Å²) < 4.78 is 2.05. The fourth-order valence-corrected chi connectivity index (χ4v) is 5.87. The van der Waals surface area contributed by atoms with Crippen LogP contribution < -0.4 is 10.9 Å². The first-order valence-electron chi connectivity index (χ1n) is 12.0. The average molecular weight is 505 g/mol. The number of anilines is 1. The number of nitrogens with one attached hydrogen (secondary N) is 1. The van der Waals surface area contributed by atoms with Gasteiger partial charge in [0.15, 0.2) is 0 Å². The third-order valence-corrected chi connectivity index (χ3v) is 8.07. The summed E-state index contributed by atoms with van der Waals surface area (Å²) in [6, 6.07) is 13.8. The van der Waals surface area contributed by atoms with Crippen LogP contribution in [0.3, 0.4) is 0 Å². The summed E-state index contributed by atoms with van der Waals surface area (Å²) in [6.45, 7) is 4.63. The van der Waals surface area contributed by atoms with Crippen LogP contribution in [-0.4, -0.2) is 30.6 Å². The minimum Gasteiger partial charge on any atom is -0.367 e. The summed E-state index contributed by atoms with van der Waals surface area (Å²) in [7, 11) is 0. The molecular formula is C27H28N4O2S2. The molecule has 0 unspecified atom stereocenters. The minimum absolute atomic E-state index is 0.185. The second-order valence-electron chi connectivity index (χ2n) is 9.47. The molecule has 0 spiro atoms. The third-order valence-electron chi connectivity index (χ3n) is 6.69. The van der Waals surface area contributed by atoms with E-state index in [0.717, 1.165) is 42.7 Å². The number of carbonyl (C=O) groups is 1. The molecule has 1 aliphatic carbocycles. The number of aromatic nitrogens is 2. The molecule has 1 saturated carbocycles. The average Bonchev–Trinajstić information content (AvgIpc) is 3.11. The number of hydrogen-bond acceptors (Lipinski definition) is 6. The fraction of sp³-hybridized carbons (Fsp3) is 0.333. The number of rotatable bonds is 5. The molecule has 2 aliphatic rings. The summed E-state index contributed by atoms with van der Waals surface area (Å²) in [5.41, 5.74) is 2.75. The van der Waals surface area contributed by atoms with Gasteiger partial charge in [0.1, 0.15) is 15.8 Å². The van der Waals surface area contributed by atoms with Crippen LogP contribution in [0, 0.1) is 12.8 Å². The number of nitrogens with zero attached hydrogens (tertiary/aromatic N) is 3. The van der Waals surface area contributed by atoms with E-state index in [-0.39, 0.29) is 17.5 Å². The van der Waals surface area contributed by atoms with E-state index >= 15 is 0 Å². The highest BCUT2D eigenvalue weighted by Crippen LogP contribution is 2.34. The highest BCUT2D eigenvalue weighted by molar-refractivity contribution is 8.26. The number of aryl methyl sites for hydroxylation is 1. The van der Waals surface area contributed by atoms with Gasteiger partial charge in [-0.25, -0.2) is 4.98 Å². The predicted molar refractivity (Wildman–Crippen MR) is 146 cm³/mol. The Bertz CT molecular complexity index is 1380. The van der Waals surface area contributed by atoms with Gasteiger partial charge in [-0.15, -0.1) is 0 Å². The van der Waals surface area contributed by atoms with Crippen molar-refractivity contribution < 1.29 is 4.79 Å². The number of pyridine rings is 1. The number of benzene rings is 1.